The molecule has 0 bridgehead atoms. The summed E-state index contributed by atoms with van der Waals surface area (Å²) in [6, 6.07) is 12.5. The molecule has 0 amide bonds. The van der Waals surface area contributed by atoms with Gasteiger partial charge in [-0.25, -0.2) is 19.2 Å². The Bertz CT molecular complexity index is 1260. The van der Waals surface area contributed by atoms with E-state index in [1.807, 2.05) is 13.8 Å². The minimum absolute atomic E-state index is 0.0745. The highest BCUT2D eigenvalue weighted by Crippen LogP contribution is 2.32. The van der Waals surface area contributed by atoms with Crippen molar-refractivity contribution in [1.82, 2.24) is 0 Å². The molecule has 0 spiro atoms. The van der Waals surface area contributed by atoms with Crippen LogP contribution in [-0.2, 0) is 38.0 Å². The van der Waals surface area contributed by atoms with Gasteiger partial charge in [-0.15, -0.1) is 0 Å². The van der Waals surface area contributed by atoms with Crippen LogP contribution in [0.1, 0.15) is 60.2 Å². The van der Waals surface area contributed by atoms with Gasteiger partial charge in [-0.2, -0.15) is 0 Å². The lowest BCUT2D eigenvalue weighted by molar-refractivity contribution is -0.159. The summed E-state index contributed by atoms with van der Waals surface area (Å²) in [6.07, 6.45) is 0.379. The number of carbonyl (C=O) groups excluding carboxylic acids is 4. The van der Waals surface area contributed by atoms with Crippen molar-refractivity contribution in [3.8, 4) is 11.5 Å². The monoisotopic (exact) mass is 638 g/mol. The molecular weight excluding hydrogens is 600 g/mol. The van der Waals surface area contributed by atoms with Crippen LogP contribution in [0.4, 0.5) is 0 Å². The van der Waals surface area contributed by atoms with Crippen LogP contribution in [0.25, 0.3) is 0 Å². The first kappa shape index (κ1) is 34.2. The molecule has 2 aromatic rings. The van der Waals surface area contributed by atoms with Crippen molar-refractivity contribution in [3.05, 3.63) is 85.0 Å². The van der Waals surface area contributed by atoms with Crippen LogP contribution in [0.15, 0.2) is 73.8 Å². The quantitative estimate of drug-likeness (QED) is 0.109. The Balaban J connectivity index is 1.27. The number of hydrogen-bond acceptors (Lipinski definition) is 12. The Morgan fingerprint density at radius 1 is 0.696 bits per heavy atom. The fourth-order valence-electron chi connectivity index (χ4n) is 4.80. The molecule has 246 valence electrons. The molecule has 2 aliphatic heterocycles. The molecule has 2 saturated heterocycles. The molecule has 0 aliphatic carbocycles. The number of benzene rings is 2. The predicted molar refractivity (Wildman–Crippen MR) is 162 cm³/mol. The highest BCUT2D eigenvalue weighted by Gasteiger charge is 2.51. The molecule has 2 unspecified atom stereocenters. The van der Waals surface area contributed by atoms with E-state index in [0.29, 0.717) is 24.3 Å². The Kier molecular flexibility index (Phi) is 12.3. The largest absolute Gasteiger partial charge is 0.455 e. The van der Waals surface area contributed by atoms with E-state index < -0.39 is 60.9 Å². The lowest BCUT2D eigenvalue weighted by Crippen LogP contribution is -2.36. The third-order valence-electron chi connectivity index (χ3n) is 7.07. The van der Waals surface area contributed by atoms with Crippen LogP contribution in [0, 0.1) is 0 Å². The number of hydrogen-bond donors (Lipinski definition) is 0. The zero-order valence-electron chi connectivity index (χ0n) is 25.8. The van der Waals surface area contributed by atoms with E-state index in [0.717, 1.165) is 25.0 Å². The van der Waals surface area contributed by atoms with Crippen molar-refractivity contribution in [2.45, 2.75) is 76.5 Å². The number of fused-ring (bicyclic) bond motifs is 1. The van der Waals surface area contributed by atoms with E-state index >= 15 is 0 Å². The summed E-state index contributed by atoms with van der Waals surface area (Å²) in [4.78, 5) is 48.9. The molecule has 0 aromatic heterocycles. The van der Waals surface area contributed by atoms with E-state index in [9.17, 15) is 19.2 Å². The van der Waals surface area contributed by atoms with Gasteiger partial charge in [0.2, 0.25) is 12.6 Å². The van der Waals surface area contributed by atoms with Gasteiger partial charge in [-0.3, -0.25) is 0 Å². The van der Waals surface area contributed by atoms with E-state index in [4.69, 9.17) is 37.9 Å². The molecule has 0 N–H and O–H groups in total. The van der Waals surface area contributed by atoms with Crippen LogP contribution in [0.3, 0.4) is 0 Å². The Morgan fingerprint density at radius 2 is 1.07 bits per heavy atom. The fourth-order valence-corrected chi connectivity index (χ4v) is 4.80. The van der Waals surface area contributed by atoms with E-state index in [-0.39, 0.29) is 24.3 Å². The van der Waals surface area contributed by atoms with Gasteiger partial charge in [-0.1, -0.05) is 27.0 Å². The molecule has 0 saturated carbocycles. The van der Waals surface area contributed by atoms with Gasteiger partial charge in [-0.05, 0) is 61.4 Å². The van der Waals surface area contributed by atoms with Gasteiger partial charge in [0.15, 0.2) is 12.2 Å². The molecule has 46 heavy (non-hydrogen) atoms. The molecule has 2 aliphatic rings. The summed E-state index contributed by atoms with van der Waals surface area (Å²) < 4.78 is 44.8. The molecule has 6 atom stereocenters. The van der Waals surface area contributed by atoms with E-state index in [1.54, 1.807) is 24.3 Å². The van der Waals surface area contributed by atoms with Crippen molar-refractivity contribution in [2.24, 2.45) is 0 Å². The number of ether oxygens (including phenoxy) is 8. The minimum atomic E-state index is -0.783. The van der Waals surface area contributed by atoms with Crippen molar-refractivity contribution >= 4 is 23.9 Å². The molecule has 12 nitrogen and oxygen atoms in total. The van der Waals surface area contributed by atoms with Crippen LogP contribution in [0.2, 0.25) is 0 Å². The maximum absolute atomic E-state index is 12.9. The second-order valence-corrected chi connectivity index (χ2v) is 10.5. The molecule has 2 heterocycles. The van der Waals surface area contributed by atoms with Gasteiger partial charge in [0.05, 0.1) is 24.3 Å². The number of rotatable bonds is 16. The molecule has 0 radical (unpaired) electrons. The summed E-state index contributed by atoms with van der Waals surface area (Å²) in [5.74, 6) is -1.53. The van der Waals surface area contributed by atoms with Gasteiger partial charge >= 0.3 is 23.9 Å². The Labute approximate surface area is 267 Å². The van der Waals surface area contributed by atoms with Crippen molar-refractivity contribution in [1.29, 1.82) is 0 Å². The Morgan fingerprint density at radius 3 is 1.39 bits per heavy atom. The molecule has 12 heteroatoms. The van der Waals surface area contributed by atoms with Crippen molar-refractivity contribution in [2.75, 3.05) is 13.2 Å². The third kappa shape index (κ3) is 9.18. The lowest BCUT2D eigenvalue weighted by atomic mass is 10.1. The Hall–Kier alpha value is -4.68. The van der Waals surface area contributed by atoms with Crippen LogP contribution >= 0.6 is 0 Å². The molecule has 2 fully saturated rings. The summed E-state index contributed by atoms with van der Waals surface area (Å²) in [5.41, 5.74) is 0.554. The fraction of sp³-hybridized carbons (Fsp3) is 0.412. The normalized spacial score (nSPS) is 21.2. The maximum Gasteiger partial charge on any atom is 0.338 e. The second kappa shape index (κ2) is 16.6. The smallest absolute Gasteiger partial charge is 0.338 e. The van der Waals surface area contributed by atoms with Gasteiger partial charge in [0.25, 0.3) is 0 Å². The lowest BCUT2D eigenvalue weighted by Gasteiger charge is -2.19. The first-order valence-corrected chi connectivity index (χ1v) is 15.1. The first-order chi connectivity index (χ1) is 22.2. The third-order valence-corrected chi connectivity index (χ3v) is 7.07. The summed E-state index contributed by atoms with van der Waals surface area (Å²) >= 11 is 0. The topological polar surface area (TPSA) is 142 Å². The second-order valence-electron chi connectivity index (χ2n) is 10.5. The molecule has 4 rings (SSSR count). The van der Waals surface area contributed by atoms with Gasteiger partial charge in [0, 0.05) is 25.0 Å². The summed E-state index contributed by atoms with van der Waals surface area (Å²) in [6.45, 7) is 10.8. The highest BCUT2D eigenvalue weighted by atomic mass is 16.7. The van der Waals surface area contributed by atoms with Crippen molar-refractivity contribution < 1.29 is 57.1 Å². The first-order valence-electron chi connectivity index (χ1n) is 15.1. The standard InChI is InChI=1S/C34H38O12/c1-5-9-29(45-27(35)7-3)41-23-15-11-21(12-16-23)33(37)43-25-19-39-32-26(20-40-31(25)32)44-34(38)22-13-17-24(18-14-22)42-30(10-6-2)46-28(36)8-4/h7-8,11-18,25-26,29-32H,3-6,9-10,19-20H2,1-2H3/t25-,26-,29?,30?,31-,32-/m1/s1. The minimum Gasteiger partial charge on any atom is -0.455 e. The highest BCUT2D eigenvalue weighted by molar-refractivity contribution is 5.90. The summed E-state index contributed by atoms with van der Waals surface area (Å²) in [7, 11) is 0. The maximum atomic E-state index is 12.9. The van der Waals surface area contributed by atoms with Crippen LogP contribution in [0.5, 0.6) is 11.5 Å². The molecular formula is C34H38O12. The zero-order valence-corrected chi connectivity index (χ0v) is 25.8. The van der Waals surface area contributed by atoms with Crippen LogP contribution < -0.4 is 9.47 Å². The average Bonchev–Trinajstić information content (AvgIpc) is 3.64. The number of carbonyl (C=O) groups is 4. The zero-order chi connectivity index (χ0) is 33.1. The van der Waals surface area contributed by atoms with E-state index in [2.05, 4.69) is 13.2 Å². The SMILES string of the molecule is C=CC(=O)OC(CCC)Oc1ccc(C(=O)O[C@@H]2CO[C@H]3[C@@H]2OC[C@H]3OC(=O)c2ccc(OC(CCC)OC(=O)C=C)cc2)cc1. The average molecular weight is 639 g/mol. The van der Waals surface area contributed by atoms with Gasteiger partial charge < -0.3 is 37.9 Å². The van der Waals surface area contributed by atoms with E-state index in [1.165, 1.54) is 24.3 Å². The van der Waals surface area contributed by atoms with Crippen molar-refractivity contribution in [3.63, 3.8) is 0 Å². The summed E-state index contributed by atoms with van der Waals surface area (Å²) in [5, 5.41) is 0. The molecule has 2 aromatic carbocycles. The number of esters is 4. The van der Waals surface area contributed by atoms with Crippen LogP contribution in [-0.4, -0.2) is 74.1 Å². The van der Waals surface area contributed by atoms with Gasteiger partial charge in [0.1, 0.15) is 23.7 Å². The predicted octanol–water partition coefficient (Wildman–Crippen LogP) is 4.70.